The molecule has 1 fully saturated rings. The number of hydrogen-bond donors (Lipinski definition) is 0. The number of hydrogen-bond acceptors (Lipinski definition) is 3. The van der Waals surface area contributed by atoms with Crippen LogP contribution in [0.2, 0.25) is 0 Å². The van der Waals surface area contributed by atoms with Gasteiger partial charge in [0.25, 0.3) is 0 Å². The van der Waals surface area contributed by atoms with Gasteiger partial charge in [0, 0.05) is 12.3 Å². The summed E-state index contributed by atoms with van der Waals surface area (Å²) < 4.78 is 0.708. The molecule has 0 spiro atoms. The molecular weight excluding hydrogens is 142 g/mol. The Morgan fingerprint density at radius 1 is 1.88 bits per heavy atom. The summed E-state index contributed by atoms with van der Waals surface area (Å²) in [7, 11) is 0. The lowest BCUT2D eigenvalue weighted by molar-refractivity contribution is -0.114. The van der Waals surface area contributed by atoms with E-state index in [9.17, 15) is 4.79 Å². The summed E-state index contributed by atoms with van der Waals surface area (Å²) in [6, 6.07) is 0. The van der Waals surface area contributed by atoms with E-state index in [1.807, 2.05) is 0 Å². The Kier molecular flexibility index (Phi) is 1.85. The molecule has 1 aliphatic heterocycles. The Balaban J connectivity index is 2.54. The molecule has 0 radical (unpaired) electrons. The first-order valence-electron chi connectivity index (χ1n) is 2.23. The first-order chi connectivity index (χ1) is 3.84. The van der Waals surface area contributed by atoms with Gasteiger partial charge in [0.05, 0.1) is 0 Å². The maximum absolute atomic E-state index is 10.0. The van der Waals surface area contributed by atoms with Gasteiger partial charge in [-0.2, -0.15) is 0 Å². The molecule has 2 nitrogen and oxygen atoms in total. The highest BCUT2D eigenvalue weighted by Gasteiger charge is 2.15. The Bertz CT molecular complexity index is 125. The third-order valence-electron chi connectivity index (χ3n) is 0.919. The number of rotatable bonds is 1. The van der Waals surface area contributed by atoms with Crippen LogP contribution in [0.25, 0.3) is 0 Å². The fourth-order valence-corrected chi connectivity index (χ4v) is 1.65. The summed E-state index contributed by atoms with van der Waals surface area (Å²) in [5.41, 5.74) is 0. The van der Waals surface area contributed by atoms with Crippen LogP contribution in [0, 0.1) is 0 Å². The molecule has 0 atom stereocenters. The number of thiocarbonyl (C=S) groups is 1. The van der Waals surface area contributed by atoms with Crippen molar-refractivity contribution in [3.8, 4) is 0 Å². The third kappa shape index (κ3) is 1.00. The van der Waals surface area contributed by atoms with Crippen LogP contribution in [0.5, 0.6) is 0 Å². The van der Waals surface area contributed by atoms with Crippen molar-refractivity contribution in [3.63, 3.8) is 0 Å². The zero-order valence-electron chi connectivity index (χ0n) is 4.16. The summed E-state index contributed by atoms with van der Waals surface area (Å²) in [4.78, 5) is 11.6. The highest BCUT2D eigenvalue weighted by molar-refractivity contribution is 8.23. The normalized spacial score (nSPS) is 19.5. The van der Waals surface area contributed by atoms with Gasteiger partial charge < -0.3 is 0 Å². The smallest absolute Gasteiger partial charge is 0.215 e. The summed E-state index contributed by atoms with van der Waals surface area (Å²) in [5, 5.41) is 0. The molecule has 0 aromatic carbocycles. The predicted octanol–water partition coefficient (Wildman–Crippen LogP) is 0.476. The van der Waals surface area contributed by atoms with Crippen LogP contribution in [0.4, 0.5) is 0 Å². The maximum Gasteiger partial charge on any atom is 0.215 e. The molecule has 0 unspecified atom stereocenters. The lowest BCUT2D eigenvalue weighted by atomic mass is 10.7. The molecule has 1 aliphatic rings. The van der Waals surface area contributed by atoms with Crippen molar-refractivity contribution < 1.29 is 4.79 Å². The molecule has 1 amide bonds. The Hall–Kier alpha value is -0.0900. The second kappa shape index (κ2) is 2.46. The van der Waals surface area contributed by atoms with Gasteiger partial charge in [-0.05, 0) is 0 Å². The van der Waals surface area contributed by atoms with E-state index < -0.39 is 0 Å². The van der Waals surface area contributed by atoms with E-state index in [0.717, 1.165) is 18.7 Å². The Labute approximate surface area is 57.2 Å². The first kappa shape index (κ1) is 6.04. The molecular formula is C4H5NOS2. The summed E-state index contributed by atoms with van der Waals surface area (Å²) >= 11 is 6.35. The molecule has 0 aromatic rings. The standard InChI is InChI=1S/C4H5NOS2/c6-3-5-1-2-8-4(5)7/h3H,1-2H2. The SMILES string of the molecule is O=CN1CCSC1=S. The van der Waals surface area contributed by atoms with Crippen LogP contribution in [0.3, 0.4) is 0 Å². The number of amides is 1. The van der Waals surface area contributed by atoms with Crippen LogP contribution < -0.4 is 0 Å². The van der Waals surface area contributed by atoms with Crippen LogP contribution in [0.1, 0.15) is 0 Å². The fraction of sp³-hybridized carbons (Fsp3) is 0.500. The van der Waals surface area contributed by atoms with Crippen molar-refractivity contribution in [2.75, 3.05) is 12.3 Å². The van der Waals surface area contributed by atoms with Crippen molar-refractivity contribution >= 4 is 34.7 Å². The minimum absolute atomic E-state index is 0.708. The summed E-state index contributed by atoms with van der Waals surface area (Å²) in [6.45, 7) is 0.785. The van der Waals surface area contributed by atoms with Crippen molar-refractivity contribution in [2.24, 2.45) is 0 Å². The summed E-state index contributed by atoms with van der Waals surface area (Å²) in [6.07, 6.45) is 0.780. The second-order valence-corrected chi connectivity index (χ2v) is 3.14. The monoisotopic (exact) mass is 147 g/mol. The second-order valence-electron chi connectivity index (χ2n) is 1.41. The molecule has 0 aromatic heterocycles. The van der Waals surface area contributed by atoms with E-state index in [1.165, 1.54) is 0 Å². The van der Waals surface area contributed by atoms with Crippen molar-refractivity contribution in [1.82, 2.24) is 4.90 Å². The highest BCUT2D eigenvalue weighted by atomic mass is 32.2. The maximum atomic E-state index is 10.0. The molecule has 4 heteroatoms. The van der Waals surface area contributed by atoms with Gasteiger partial charge >= 0.3 is 0 Å². The minimum Gasteiger partial charge on any atom is -0.300 e. The zero-order valence-corrected chi connectivity index (χ0v) is 5.80. The van der Waals surface area contributed by atoms with Gasteiger partial charge in [0.2, 0.25) is 6.41 Å². The average Bonchev–Trinajstić information content (AvgIpc) is 2.14. The van der Waals surface area contributed by atoms with E-state index in [2.05, 4.69) is 0 Å². The molecule has 44 valence electrons. The number of nitrogens with zero attached hydrogens (tertiary/aromatic N) is 1. The number of carbonyl (C=O) groups is 1. The molecule has 0 saturated carbocycles. The zero-order chi connectivity index (χ0) is 5.98. The predicted molar refractivity (Wildman–Crippen MR) is 37.8 cm³/mol. The molecule has 0 N–H and O–H groups in total. The lowest BCUT2D eigenvalue weighted by Crippen LogP contribution is -2.20. The Morgan fingerprint density at radius 2 is 2.62 bits per heavy atom. The van der Waals surface area contributed by atoms with Crippen LogP contribution >= 0.6 is 24.0 Å². The molecule has 1 heterocycles. The summed E-state index contributed by atoms with van der Waals surface area (Å²) in [5.74, 6) is 0.956. The number of carbonyl (C=O) groups excluding carboxylic acids is 1. The fourth-order valence-electron chi connectivity index (χ4n) is 0.501. The van der Waals surface area contributed by atoms with Gasteiger partial charge in [-0.25, -0.2) is 0 Å². The average molecular weight is 147 g/mol. The molecule has 0 aliphatic carbocycles. The van der Waals surface area contributed by atoms with Gasteiger partial charge in [-0.1, -0.05) is 24.0 Å². The van der Waals surface area contributed by atoms with E-state index in [4.69, 9.17) is 12.2 Å². The Morgan fingerprint density at radius 3 is 2.88 bits per heavy atom. The highest BCUT2D eigenvalue weighted by Crippen LogP contribution is 2.14. The van der Waals surface area contributed by atoms with E-state index in [0.29, 0.717) is 4.32 Å². The van der Waals surface area contributed by atoms with E-state index in [1.54, 1.807) is 16.7 Å². The molecule has 1 saturated heterocycles. The van der Waals surface area contributed by atoms with E-state index >= 15 is 0 Å². The van der Waals surface area contributed by atoms with Crippen molar-refractivity contribution in [3.05, 3.63) is 0 Å². The van der Waals surface area contributed by atoms with E-state index in [-0.39, 0.29) is 0 Å². The first-order valence-corrected chi connectivity index (χ1v) is 3.62. The quantitative estimate of drug-likeness (QED) is 0.397. The molecule has 0 bridgehead atoms. The van der Waals surface area contributed by atoms with Gasteiger partial charge in [-0.3, -0.25) is 9.69 Å². The van der Waals surface area contributed by atoms with Gasteiger partial charge in [-0.15, -0.1) is 0 Å². The van der Waals surface area contributed by atoms with Crippen LogP contribution in [-0.2, 0) is 4.79 Å². The minimum atomic E-state index is 0.708. The van der Waals surface area contributed by atoms with Crippen LogP contribution in [-0.4, -0.2) is 27.9 Å². The molecule has 1 rings (SSSR count). The van der Waals surface area contributed by atoms with Gasteiger partial charge in [0.1, 0.15) is 4.32 Å². The van der Waals surface area contributed by atoms with Crippen LogP contribution in [0.15, 0.2) is 0 Å². The lowest BCUT2D eigenvalue weighted by Gasteiger charge is -2.03. The van der Waals surface area contributed by atoms with Gasteiger partial charge in [0.15, 0.2) is 0 Å². The third-order valence-corrected chi connectivity index (χ3v) is 2.38. The number of thioether (sulfide) groups is 1. The van der Waals surface area contributed by atoms with Crippen molar-refractivity contribution in [2.45, 2.75) is 0 Å². The largest absolute Gasteiger partial charge is 0.300 e. The topological polar surface area (TPSA) is 20.3 Å². The molecule has 8 heavy (non-hydrogen) atoms. The van der Waals surface area contributed by atoms with Crippen molar-refractivity contribution in [1.29, 1.82) is 0 Å².